The first kappa shape index (κ1) is 8.33. The number of nitrogens with zero attached hydrogens (tertiary/aromatic N) is 2. The van der Waals surface area contributed by atoms with E-state index >= 15 is 0 Å². The molecular weight excluding hydrogens is 142 g/mol. The summed E-state index contributed by atoms with van der Waals surface area (Å²) in [6, 6.07) is 0.681. The average Bonchev–Trinajstić information content (AvgIpc) is 2.82. The third-order valence-corrected chi connectivity index (χ3v) is 1.96. The first-order chi connectivity index (χ1) is 5.27. The number of oxime groups is 1. The third-order valence-electron chi connectivity index (χ3n) is 1.96. The second-order valence-corrected chi connectivity index (χ2v) is 2.89. The zero-order valence-electron chi connectivity index (χ0n) is 6.82. The topological polar surface area (TPSA) is 61.8 Å². The molecule has 0 amide bonds. The second-order valence-electron chi connectivity index (χ2n) is 2.89. The van der Waals surface area contributed by atoms with E-state index in [0.717, 1.165) is 6.54 Å². The maximum atomic E-state index is 8.32. The Morgan fingerprint density at radius 3 is 2.73 bits per heavy atom. The van der Waals surface area contributed by atoms with E-state index in [4.69, 9.17) is 10.9 Å². The lowest BCUT2D eigenvalue weighted by atomic mass is 10.4. The highest BCUT2D eigenvalue weighted by Crippen LogP contribution is 2.25. The lowest BCUT2D eigenvalue weighted by Crippen LogP contribution is -2.35. The van der Waals surface area contributed by atoms with Crippen LogP contribution in [0.1, 0.15) is 19.8 Å². The molecule has 11 heavy (non-hydrogen) atoms. The lowest BCUT2D eigenvalue weighted by molar-refractivity contribution is 0.293. The van der Waals surface area contributed by atoms with Crippen molar-refractivity contribution in [2.24, 2.45) is 10.9 Å². The summed E-state index contributed by atoms with van der Waals surface area (Å²) in [5.41, 5.74) is 5.37. The van der Waals surface area contributed by atoms with Crippen molar-refractivity contribution in [3.05, 3.63) is 0 Å². The van der Waals surface area contributed by atoms with Gasteiger partial charge in [0, 0.05) is 6.04 Å². The van der Waals surface area contributed by atoms with Crippen molar-refractivity contribution in [1.29, 1.82) is 0 Å². The highest BCUT2D eigenvalue weighted by molar-refractivity contribution is 5.81. The van der Waals surface area contributed by atoms with Crippen molar-refractivity contribution in [1.82, 2.24) is 4.90 Å². The molecule has 1 saturated carbocycles. The van der Waals surface area contributed by atoms with Crippen molar-refractivity contribution in [2.75, 3.05) is 13.1 Å². The van der Waals surface area contributed by atoms with Gasteiger partial charge in [-0.05, 0) is 19.4 Å². The monoisotopic (exact) mass is 157 g/mol. The Hall–Kier alpha value is -0.770. The van der Waals surface area contributed by atoms with E-state index in [2.05, 4.69) is 17.0 Å². The Bertz CT molecular complexity index is 154. The molecule has 0 aromatic carbocycles. The SMILES string of the molecule is CCN(C/C(N)=N/O)C1CC1. The molecule has 0 bridgehead atoms. The van der Waals surface area contributed by atoms with Gasteiger partial charge >= 0.3 is 0 Å². The molecule has 0 aromatic heterocycles. The van der Waals surface area contributed by atoms with E-state index < -0.39 is 0 Å². The average molecular weight is 157 g/mol. The molecule has 0 radical (unpaired) electrons. The molecule has 1 fully saturated rings. The van der Waals surface area contributed by atoms with Crippen LogP contribution < -0.4 is 5.73 Å². The van der Waals surface area contributed by atoms with Crippen LogP contribution in [0, 0.1) is 0 Å². The fraction of sp³-hybridized carbons (Fsp3) is 0.857. The number of hydrogen-bond donors (Lipinski definition) is 2. The fourth-order valence-electron chi connectivity index (χ4n) is 1.18. The van der Waals surface area contributed by atoms with Gasteiger partial charge in [-0.2, -0.15) is 0 Å². The predicted molar refractivity (Wildman–Crippen MR) is 43.7 cm³/mol. The summed E-state index contributed by atoms with van der Waals surface area (Å²) in [6.07, 6.45) is 2.51. The third kappa shape index (κ3) is 2.38. The molecule has 64 valence electrons. The maximum absolute atomic E-state index is 8.32. The summed E-state index contributed by atoms with van der Waals surface area (Å²) >= 11 is 0. The van der Waals surface area contributed by atoms with Gasteiger partial charge in [0.05, 0.1) is 6.54 Å². The van der Waals surface area contributed by atoms with Crippen LogP contribution in [0.15, 0.2) is 5.16 Å². The van der Waals surface area contributed by atoms with Crippen LogP contribution in [0.5, 0.6) is 0 Å². The number of nitrogens with two attached hydrogens (primary N) is 1. The van der Waals surface area contributed by atoms with Crippen LogP contribution in [-0.4, -0.2) is 35.1 Å². The fourth-order valence-corrected chi connectivity index (χ4v) is 1.18. The van der Waals surface area contributed by atoms with Crippen molar-refractivity contribution >= 4 is 5.84 Å². The molecule has 0 aromatic rings. The summed E-state index contributed by atoms with van der Waals surface area (Å²) in [5.74, 6) is 0.304. The Morgan fingerprint density at radius 1 is 1.73 bits per heavy atom. The molecule has 3 N–H and O–H groups in total. The molecule has 1 aliphatic rings. The van der Waals surface area contributed by atoms with E-state index in [1.54, 1.807) is 0 Å². The summed E-state index contributed by atoms with van der Waals surface area (Å²) in [6.45, 7) is 3.65. The van der Waals surface area contributed by atoms with Crippen molar-refractivity contribution in [3.63, 3.8) is 0 Å². The molecule has 0 heterocycles. The van der Waals surface area contributed by atoms with Crippen molar-refractivity contribution in [2.45, 2.75) is 25.8 Å². The molecule has 1 rings (SSSR count). The van der Waals surface area contributed by atoms with Gasteiger partial charge < -0.3 is 10.9 Å². The Kier molecular flexibility index (Phi) is 2.70. The molecule has 0 spiro atoms. The molecule has 4 nitrogen and oxygen atoms in total. The highest BCUT2D eigenvalue weighted by Gasteiger charge is 2.27. The standard InChI is InChI=1S/C7H15N3O/c1-2-10(6-3-4-6)5-7(8)9-11/h6,11H,2-5H2,1H3,(H2,8,9). The van der Waals surface area contributed by atoms with Gasteiger partial charge in [0.1, 0.15) is 0 Å². The van der Waals surface area contributed by atoms with Crippen molar-refractivity contribution in [3.8, 4) is 0 Å². The van der Waals surface area contributed by atoms with Gasteiger partial charge in [0.2, 0.25) is 0 Å². The van der Waals surface area contributed by atoms with E-state index in [1.165, 1.54) is 12.8 Å². The van der Waals surface area contributed by atoms with Gasteiger partial charge in [0.15, 0.2) is 5.84 Å². The number of likely N-dealkylation sites (N-methyl/N-ethyl adjacent to an activating group) is 1. The zero-order chi connectivity index (χ0) is 8.27. The van der Waals surface area contributed by atoms with E-state index in [1.807, 2.05) is 0 Å². The maximum Gasteiger partial charge on any atom is 0.153 e. The Labute approximate surface area is 66.7 Å². The summed E-state index contributed by atoms with van der Waals surface area (Å²) < 4.78 is 0. The molecule has 0 aliphatic heterocycles. The number of hydrogen-bond acceptors (Lipinski definition) is 3. The van der Waals surface area contributed by atoms with Gasteiger partial charge in [-0.25, -0.2) is 0 Å². The van der Waals surface area contributed by atoms with Gasteiger partial charge in [-0.3, -0.25) is 4.90 Å². The summed E-state index contributed by atoms with van der Waals surface area (Å²) in [4.78, 5) is 2.22. The van der Waals surface area contributed by atoms with Crippen LogP contribution in [0.4, 0.5) is 0 Å². The Morgan fingerprint density at radius 2 is 2.36 bits per heavy atom. The molecule has 0 unspecified atom stereocenters. The molecule has 0 atom stereocenters. The minimum atomic E-state index is 0.304. The minimum Gasteiger partial charge on any atom is -0.409 e. The smallest absolute Gasteiger partial charge is 0.153 e. The molecule has 4 heteroatoms. The second kappa shape index (κ2) is 3.57. The Balaban J connectivity index is 2.31. The quantitative estimate of drug-likeness (QED) is 0.265. The van der Waals surface area contributed by atoms with E-state index in [-0.39, 0.29) is 0 Å². The first-order valence-corrected chi connectivity index (χ1v) is 3.98. The van der Waals surface area contributed by atoms with Gasteiger partial charge in [0.25, 0.3) is 0 Å². The zero-order valence-corrected chi connectivity index (χ0v) is 6.82. The minimum absolute atomic E-state index is 0.304. The summed E-state index contributed by atoms with van der Waals surface area (Å²) in [5, 5.41) is 11.3. The number of rotatable bonds is 4. The van der Waals surface area contributed by atoms with Crippen LogP contribution in [0.3, 0.4) is 0 Å². The largest absolute Gasteiger partial charge is 0.409 e. The normalized spacial score (nSPS) is 19.3. The van der Waals surface area contributed by atoms with Crippen LogP contribution in [0.2, 0.25) is 0 Å². The van der Waals surface area contributed by atoms with Crippen LogP contribution in [0.25, 0.3) is 0 Å². The van der Waals surface area contributed by atoms with Crippen LogP contribution >= 0.6 is 0 Å². The molecule has 1 aliphatic carbocycles. The van der Waals surface area contributed by atoms with E-state index in [9.17, 15) is 0 Å². The first-order valence-electron chi connectivity index (χ1n) is 3.98. The molecular formula is C7H15N3O. The number of amidine groups is 1. The predicted octanol–water partition coefficient (Wildman–Crippen LogP) is 0.217. The van der Waals surface area contributed by atoms with E-state index in [0.29, 0.717) is 18.4 Å². The molecule has 0 saturated heterocycles. The lowest BCUT2D eigenvalue weighted by Gasteiger charge is -2.17. The summed E-state index contributed by atoms with van der Waals surface area (Å²) in [7, 11) is 0. The van der Waals surface area contributed by atoms with Crippen LogP contribution in [-0.2, 0) is 0 Å². The van der Waals surface area contributed by atoms with Gasteiger partial charge in [-0.1, -0.05) is 12.1 Å². The van der Waals surface area contributed by atoms with Gasteiger partial charge in [-0.15, -0.1) is 0 Å². The van der Waals surface area contributed by atoms with Crippen molar-refractivity contribution < 1.29 is 5.21 Å². The highest BCUT2D eigenvalue weighted by atomic mass is 16.4.